The Balaban J connectivity index is 0.000000176. The Morgan fingerprint density at radius 3 is 1.71 bits per heavy atom. The molecule has 17 nitrogen and oxygen atoms in total. The number of alkyl halides is 5. The van der Waals surface area contributed by atoms with Crippen LogP contribution in [-0.4, -0.2) is 75.1 Å². The number of hydrogen-bond acceptors (Lipinski definition) is 13. The Morgan fingerprint density at radius 1 is 0.671 bits per heavy atom. The molecule has 0 spiro atoms. The van der Waals surface area contributed by atoms with Gasteiger partial charge in [-0.2, -0.15) is 9.49 Å². The minimum atomic E-state index is -2.18. The minimum absolute atomic E-state index is 0.137. The summed E-state index contributed by atoms with van der Waals surface area (Å²) < 4.78 is 24.3. The highest BCUT2D eigenvalue weighted by Crippen LogP contribution is 2.30. The second-order valence-corrected chi connectivity index (χ2v) is 22.6. The molecule has 0 aliphatic rings. The van der Waals surface area contributed by atoms with Crippen LogP contribution in [0.5, 0.6) is 0 Å². The molecule has 10 rings (SSSR count). The summed E-state index contributed by atoms with van der Waals surface area (Å²) in [5, 5.41) is 21.5. The molecule has 8 aromatic heterocycles. The summed E-state index contributed by atoms with van der Waals surface area (Å²) in [7, 11) is 0. The molecule has 0 aliphatic carbocycles. The zero-order chi connectivity index (χ0) is 55.4. The number of nitrogens with one attached hydrogen (secondary N) is 1. The van der Waals surface area contributed by atoms with Gasteiger partial charge in [-0.3, -0.25) is 15.0 Å². The number of halogens is 10. The molecule has 76 heavy (non-hydrogen) atoms. The quantitative estimate of drug-likeness (QED) is 0.0768. The van der Waals surface area contributed by atoms with Crippen molar-refractivity contribution in [2.45, 2.75) is 41.4 Å². The Morgan fingerprint density at radius 2 is 1.20 bits per heavy atom. The van der Waals surface area contributed by atoms with Crippen LogP contribution in [-0.2, 0) is 35.4 Å². The molecule has 0 amide bonds. The Hall–Kier alpha value is -5.11. The van der Waals surface area contributed by atoms with E-state index in [1.807, 2.05) is 97.1 Å². The summed E-state index contributed by atoms with van der Waals surface area (Å²) in [5.41, 5.74) is 11.0. The molecule has 4 N–H and O–H groups in total. The van der Waals surface area contributed by atoms with Gasteiger partial charge in [-0.1, -0.05) is 71.7 Å². The van der Waals surface area contributed by atoms with Crippen molar-refractivity contribution < 1.29 is 23.8 Å². The first-order valence-electron chi connectivity index (χ1n) is 21.8. The topological polar surface area (TPSA) is 223 Å². The number of carbonyl (C=O) groups is 1. The predicted molar refractivity (Wildman–Crippen MR) is 308 cm³/mol. The summed E-state index contributed by atoms with van der Waals surface area (Å²) in [4.78, 5) is 50.3. The first-order valence-corrected chi connectivity index (χ1v) is 26.9. The number of H-pyrrole nitrogens is 1. The van der Waals surface area contributed by atoms with Crippen molar-refractivity contribution in [3.8, 4) is 0 Å². The van der Waals surface area contributed by atoms with Gasteiger partial charge in [0.05, 0.1) is 23.3 Å². The maximum Gasteiger partial charge on any atom is 0.514 e. The fourth-order valence-electron chi connectivity index (χ4n) is 5.99. The summed E-state index contributed by atoms with van der Waals surface area (Å²) in [6, 6.07) is 38.0. The molecule has 398 valence electrons. The second kappa shape index (κ2) is 30.1. The lowest BCUT2D eigenvalue weighted by atomic mass is 10.2. The van der Waals surface area contributed by atoms with Gasteiger partial charge >= 0.3 is 21.5 Å². The van der Waals surface area contributed by atoms with Crippen LogP contribution in [0.25, 0.3) is 33.1 Å². The summed E-state index contributed by atoms with van der Waals surface area (Å²) >= 11 is 38.8. The van der Waals surface area contributed by atoms with Crippen LogP contribution < -0.4 is 17.1 Å². The summed E-state index contributed by atoms with van der Waals surface area (Å²) in [6.07, 6.45) is 6.57. The van der Waals surface area contributed by atoms with E-state index >= 15 is 0 Å². The highest BCUT2D eigenvalue weighted by Gasteiger charge is 2.31. The zero-order valence-corrected chi connectivity index (χ0v) is 49.4. The first kappa shape index (κ1) is 61.7. The number of ether oxygens (including phenoxy) is 2. The lowest BCUT2D eigenvalue weighted by Gasteiger charge is -2.16. The largest absolute Gasteiger partial charge is 0.514 e. The van der Waals surface area contributed by atoms with Crippen LogP contribution in [0.4, 0.5) is 9.18 Å². The number of para-hydroxylation sites is 2. The Labute approximate surface area is 491 Å². The van der Waals surface area contributed by atoms with E-state index in [0.29, 0.717) is 37.2 Å². The number of pyridine rings is 6. The van der Waals surface area contributed by atoms with Crippen LogP contribution >= 0.6 is 122 Å². The van der Waals surface area contributed by atoms with Crippen molar-refractivity contribution in [3.63, 3.8) is 0 Å². The van der Waals surface area contributed by atoms with Crippen molar-refractivity contribution in [1.29, 1.82) is 0 Å². The standard InChI is InChI=1S/C17H13BrN4O.C11H11NO.C6H4BrN3O.C6H7BrN2.C5H3BrFN.C4H3Cl5O3/c18-13-6-8-16-20-22(17(23)21(16)11-13)10-9-14-7-5-12-3-1-2-4-15(12)19-14;13-8-7-10-6-5-9-3-1-2-4-11(9)12-10;7-4-1-2-5-8-9-6(11)10(5)3-4;7-5-1-2-6(3-8)9-4-5;6-4-1-2-5(7)8-3-4;1-3(5,6)11-2(10)12-4(7,8)9/h1-8,11H,9-10H2;1-6,13H,7-8H2;1-3H,(H,9,11);1-2,4H,3,8H2;1-3H;1H3. The number of nitrogens with zero attached hydrogens (tertiary/aromatic N) is 9. The predicted octanol–water partition coefficient (Wildman–Crippen LogP) is 12.5. The first-order chi connectivity index (χ1) is 36.1. The smallest absolute Gasteiger partial charge is 0.398 e. The average Bonchev–Trinajstić information content (AvgIpc) is 3.90. The van der Waals surface area contributed by atoms with E-state index in [9.17, 15) is 18.8 Å². The van der Waals surface area contributed by atoms with Gasteiger partial charge in [0.15, 0.2) is 11.3 Å². The highest BCUT2D eigenvalue weighted by molar-refractivity contribution is 9.11. The number of aryl methyl sites for hydroxylation is 2. The zero-order valence-electron chi connectivity index (χ0n) is 39.3. The van der Waals surface area contributed by atoms with E-state index in [-0.39, 0.29) is 18.0 Å². The van der Waals surface area contributed by atoms with E-state index in [1.165, 1.54) is 32.7 Å². The maximum atomic E-state index is 12.3. The molecule has 0 fully saturated rings. The lowest BCUT2D eigenvalue weighted by molar-refractivity contribution is 0.0370. The number of aromatic nitrogens is 10. The SMILES string of the molecule is CC(Cl)(Cl)OC(=O)OC(Cl)(Cl)Cl.Fc1ccc(Br)cn1.NCc1ccc(Br)cn1.O=c1[nH]nc2ccc(Br)cn12.O=c1n(CCc2ccc3ccccc3n2)nc2ccc(Br)cn12.OCCc1ccc2ccccc2n1. The maximum absolute atomic E-state index is 12.3. The van der Waals surface area contributed by atoms with E-state index < -0.39 is 20.6 Å². The van der Waals surface area contributed by atoms with Crippen molar-refractivity contribution in [3.05, 3.63) is 208 Å². The number of aromatic amines is 1. The van der Waals surface area contributed by atoms with Crippen molar-refractivity contribution in [1.82, 2.24) is 48.7 Å². The number of aliphatic hydroxyl groups is 1. The fourth-order valence-corrected chi connectivity index (χ4v) is 7.45. The van der Waals surface area contributed by atoms with E-state index in [2.05, 4.69) is 114 Å². The fraction of sp³-hybridized carbons (Fsp3) is 0.163. The third-order valence-electron chi connectivity index (χ3n) is 9.33. The minimum Gasteiger partial charge on any atom is -0.398 e. The number of nitrogens with two attached hydrogens (primary N) is 1. The number of benzene rings is 2. The third-order valence-corrected chi connectivity index (χ3v) is 11.6. The summed E-state index contributed by atoms with van der Waals surface area (Å²) in [6.45, 7) is 2.37. The van der Waals surface area contributed by atoms with Gasteiger partial charge in [0.1, 0.15) is 0 Å². The molecule has 27 heteroatoms. The normalized spacial score (nSPS) is 10.9. The Bertz CT molecular complexity index is 3550. The number of aliphatic hydroxyl groups excluding tert-OH is 1. The molecule has 0 radical (unpaired) electrons. The van der Waals surface area contributed by atoms with Crippen LogP contribution in [0.15, 0.2) is 174 Å². The third kappa shape index (κ3) is 21.4. The molecule has 2 aromatic carbocycles. The van der Waals surface area contributed by atoms with Gasteiger partial charge in [0.25, 0.3) is 4.52 Å². The Kier molecular flexibility index (Phi) is 24.5. The van der Waals surface area contributed by atoms with Crippen LogP contribution in [0.1, 0.15) is 24.0 Å². The van der Waals surface area contributed by atoms with Crippen molar-refractivity contribution in [2.24, 2.45) is 5.73 Å². The summed E-state index contributed by atoms with van der Waals surface area (Å²) in [5.74, 6) is -0.451. The van der Waals surface area contributed by atoms with Crippen LogP contribution in [0.3, 0.4) is 0 Å². The van der Waals surface area contributed by atoms with Gasteiger partial charge in [-0.15, -0.1) is 5.10 Å². The van der Waals surface area contributed by atoms with E-state index in [1.54, 1.807) is 30.7 Å². The average molecular weight is 1400 g/mol. The number of hydrogen-bond donors (Lipinski definition) is 3. The van der Waals surface area contributed by atoms with Crippen LogP contribution in [0.2, 0.25) is 0 Å². The number of rotatable bonds is 7. The molecule has 0 aliphatic heterocycles. The van der Waals surface area contributed by atoms with Crippen molar-refractivity contribution in [2.75, 3.05) is 6.61 Å². The molecule has 0 bridgehead atoms. The number of fused-ring (bicyclic) bond motifs is 4. The van der Waals surface area contributed by atoms with Gasteiger partial charge in [0, 0.05) is 97.8 Å². The second-order valence-electron chi connectivity index (χ2n) is 15.1. The van der Waals surface area contributed by atoms with Gasteiger partial charge < -0.3 is 20.3 Å². The van der Waals surface area contributed by atoms with Crippen LogP contribution in [0, 0.1) is 5.95 Å². The highest BCUT2D eigenvalue weighted by atomic mass is 79.9. The molecule has 8 heterocycles. The molecule has 0 unspecified atom stereocenters. The van der Waals surface area contributed by atoms with Gasteiger partial charge in [-0.05, 0) is 171 Å². The molecule has 0 saturated carbocycles. The lowest BCUT2D eigenvalue weighted by Crippen LogP contribution is -2.23. The molecule has 0 atom stereocenters. The van der Waals surface area contributed by atoms with E-state index in [0.717, 1.165) is 56.8 Å². The van der Waals surface area contributed by atoms with Gasteiger partial charge in [0.2, 0.25) is 5.95 Å². The van der Waals surface area contributed by atoms with Gasteiger partial charge in [-0.25, -0.2) is 37.9 Å². The molecule has 0 saturated heterocycles. The van der Waals surface area contributed by atoms with Crippen molar-refractivity contribution >= 4 is 161 Å². The number of carbonyl (C=O) groups excluding carboxylic acids is 1. The molecule has 10 aromatic rings. The molecular formula is C49H41Br4Cl5FN11O6. The van der Waals surface area contributed by atoms with E-state index in [4.69, 9.17) is 68.8 Å². The monoisotopic (exact) mass is 1390 g/mol. The molecular weight excluding hydrogens is 1350 g/mol.